The molecule has 1 amide bonds. The number of carbonyl (C=O) groups excluding carboxylic acids is 2. The van der Waals surface area contributed by atoms with Crippen molar-refractivity contribution in [3.8, 4) is 11.1 Å². The zero-order valence-electron chi connectivity index (χ0n) is 23.9. The molecule has 214 valence electrons. The molecule has 2 aromatic carbocycles. The van der Waals surface area contributed by atoms with Gasteiger partial charge in [0.05, 0.1) is 16.1 Å². The van der Waals surface area contributed by atoms with Gasteiger partial charge in [-0.1, -0.05) is 61.8 Å². The summed E-state index contributed by atoms with van der Waals surface area (Å²) in [5.74, 6) is -1.01. The van der Waals surface area contributed by atoms with E-state index >= 15 is 0 Å². The molecule has 0 aliphatic carbocycles. The third kappa shape index (κ3) is 6.89. The maximum Gasteiger partial charge on any atom is 0.330 e. The van der Waals surface area contributed by atoms with E-state index in [9.17, 15) is 19.2 Å². The van der Waals surface area contributed by atoms with Crippen LogP contribution in [0, 0.1) is 13.8 Å². The second-order valence-corrected chi connectivity index (χ2v) is 10.1. The average molecular weight is 569 g/mol. The largest absolute Gasteiger partial charge is 0.463 e. The first-order valence-corrected chi connectivity index (χ1v) is 13.7. The molecule has 0 spiro atoms. The predicted octanol–water partition coefficient (Wildman–Crippen LogP) is 3.25. The van der Waals surface area contributed by atoms with Gasteiger partial charge in [0.25, 0.3) is 11.5 Å². The van der Waals surface area contributed by atoms with Crippen LogP contribution in [0.15, 0.2) is 52.1 Å². The van der Waals surface area contributed by atoms with Crippen LogP contribution in [-0.4, -0.2) is 58.2 Å². The van der Waals surface area contributed by atoms with E-state index in [1.807, 2.05) is 13.8 Å². The topological polar surface area (TPSA) is 103 Å². The van der Waals surface area contributed by atoms with Gasteiger partial charge in [0.1, 0.15) is 12.6 Å². The van der Waals surface area contributed by atoms with Crippen LogP contribution in [0.25, 0.3) is 11.1 Å². The van der Waals surface area contributed by atoms with Gasteiger partial charge in [-0.25, -0.2) is 9.59 Å². The van der Waals surface area contributed by atoms with Gasteiger partial charge in [0.2, 0.25) is 0 Å². The lowest BCUT2D eigenvalue weighted by molar-refractivity contribution is -0.146. The fraction of sp³-hybridized carbons (Fsp3) is 0.400. The molecule has 1 heterocycles. The molecule has 10 heteroatoms. The van der Waals surface area contributed by atoms with Crippen LogP contribution in [0.3, 0.4) is 0 Å². The number of aromatic nitrogens is 2. The lowest BCUT2D eigenvalue weighted by Gasteiger charge is -2.21. The summed E-state index contributed by atoms with van der Waals surface area (Å²) < 4.78 is 8.07. The van der Waals surface area contributed by atoms with E-state index in [4.69, 9.17) is 16.3 Å². The number of esters is 1. The predicted molar refractivity (Wildman–Crippen MR) is 157 cm³/mol. The summed E-state index contributed by atoms with van der Waals surface area (Å²) in [5, 5.41) is 3.11. The first-order chi connectivity index (χ1) is 19.0. The van der Waals surface area contributed by atoms with Crippen molar-refractivity contribution in [3.63, 3.8) is 0 Å². The SMILES string of the molecule is CCN(CC)CCOC(=O)C(Cc1ccc(-c2c(C)n(C)c(=O)n(C)c2=O)cc1)NC(=O)c1c(C)cccc1Cl. The molecule has 0 aliphatic heterocycles. The molecule has 1 N–H and O–H groups in total. The second kappa shape index (κ2) is 13.6. The van der Waals surface area contributed by atoms with Crippen molar-refractivity contribution in [1.29, 1.82) is 0 Å². The van der Waals surface area contributed by atoms with E-state index in [1.54, 1.807) is 63.4 Å². The molecular formula is C30H37ClN4O5. The first kappa shape index (κ1) is 30.8. The molecule has 9 nitrogen and oxygen atoms in total. The number of ether oxygens (including phenoxy) is 1. The van der Waals surface area contributed by atoms with E-state index in [1.165, 1.54) is 11.6 Å². The van der Waals surface area contributed by atoms with Crippen molar-refractivity contribution in [2.45, 2.75) is 40.2 Å². The monoisotopic (exact) mass is 568 g/mol. The minimum atomic E-state index is -0.960. The Kier molecular flexibility index (Phi) is 10.5. The Balaban J connectivity index is 1.87. The maximum atomic E-state index is 13.2. The molecule has 0 aliphatic rings. The quantitative estimate of drug-likeness (QED) is 0.356. The standard InChI is InChI=1S/C30H37ClN4O5/c1-7-35(8-2)16-17-40-29(38)24(32-27(36)25-19(3)10-9-11-23(25)31)18-21-12-14-22(15-13-21)26-20(4)33(5)30(39)34(6)28(26)37/h9-15,24H,7-8,16-18H2,1-6H3,(H,32,36). The van der Waals surface area contributed by atoms with Gasteiger partial charge in [-0.2, -0.15) is 0 Å². The molecule has 0 bridgehead atoms. The lowest BCUT2D eigenvalue weighted by Crippen LogP contribution is -2.44. The number of hydrogen-bond acceptors (Lipinski definition) is 6. The Morgan fingerprint density at radius 3 is 2.25 bits per heavy atom. The zero-order valence-corrected chi connectivity index (χ0v) is 24.7. The van der Waals surface area contributed by atoms with Gasteiger partial charge < -0.3 is 19.5 Å². The number of benzene rings is 2. The Morgan fingerprint density at radius 2 is 1.65 bits per heavy atom. The normalized spacial score (nSPS) is 11.9. The highest BCUT2D eigenvalue weighted by Gasteiger charge is 2.25. The zero-order chi connectivity index (χ0) is 29.6. The molecule has 0 radical (unpaired) electrons. The highest BCUT2D eigenvalue weighted by atomic mass is 35.5. The van der Waals surface area contributed by atoms with E-state index in [2.05, 4.69) is 10.2 Å². The van der Waals surface area contributed by atoms with E-state index < -0.39 is 23.6 Å². The molecular weight excluding hydrogens is 532 g/mol. The summed E-state index contributed by atoms with van der Waals surface area (Å²) in [7, 11) is 3.07. The average Bonchev–Trinajstić information content (AvgIpc) is 2.93. The Labute approximate surface area is 239 Å². The summed E-state index contributed by atoms with van der Waals surface area (Å²) in [5.41, 5.74) is 2.60. The van der Waals surface area contributed by atoms with Crippen LogP contribution < -0.4 is 16.6 Å². The Morgan fingerprint density at radius 1 is 1.00 bits per heavy atom. The number of amides is 1. The third-order valence-corrected chi connectivity index (χ3v) is 7.54. The van der Waals surface area contributed by atoms with Crippen LogP contribution in [0.5, 0.6) is 0 Å². The minimum absolute atomic E-state index is 0.171. The third-order valence-electron chi connectivity index (χ3n) is 7.22. The number of hydrogen-bond donors (Lipinski definition) is 1. The van der Waals surface area contributed by atoms with Crippen molar-refractivity contribution in [3.05, 3.63) is 90.7 Å². The van der Waals surface area contributed by atoms with E-state index in [0.29, 0.717) is 39.5 Å². The minimum Gasteiger partial charge on any atom is -0.463 e. The number of nitrogens with one attached hydrogen (secondary N) is 1. The summed E-state index contributed by atoms with van der Waals surface area (Å²) in [6, 6.07) is 11.3. The number of likely N-dealkylation sites (N-methyl/N-ethyl adjacent to an activating group) is 1. The lowest BCUT2D eigenvalue weighted by atomic mass is 10.00. The molecule has 40 heavy (non-hydrogen) atoms. The van der Waals surface area contributed by atoms with Crippen molar-refractivity contribution >= 4 is 23.5 Å². The van der Waals surface area contributed by atoms with E-state index in [0.717, 1.165) is 23.2 Å². The van der Waals surface area contributed by atoms with Crippen LogP contribution in [0.1, 0.15) is 41.0 Å². The fourth-order valence-corrected chi connectivity index (χ4v) is 4.89. The van der Waals surface area contributed by atoms with Gasteiger partial charge in [0.15, 0.2) is 0 Å². The highest BCUT2D eigenvalue weighted by molar-refractivity contribution is 6.34. The number of rotatable bonds is 11. The number of nitrogens with zero attached hydrogens (tertiary/aromatic N) is 3. The van der Waals surface area contributed by atoms with Crippen LogP contribution in [0.2, 0.25) is 5.02 Å². The van der Waals surface area contributed by atoms with Crippen molar-refractivity contribution in [1.82, 2.24) is 19.4 Å². The maximum absolute atomic E-state index is 13.2. The molecule has 1 atom stereocenters. The summed E-state index contributed by atoms with van der Waals surface area (Å²) >= 11 is 6.30. The van der Waals surface area contributed by atoms with Gasteiger partial charge in [-0.05, 0) is 49.7 Å². The molecule has 3 aromatic rings. The van der Waals surface area contributed by atoms with Gasteiger partial charge in [-0.3, -0.25) is 14.2 Å². The Bertz CT molecular complexity index is 1470. The van der Waals surface area contributed by atoms with E-state index in [-0.39, 0.29) is 18.6 Å². The van der Waals surface area contributed by atoms with Crippen LogP contribution in [0.4, 0.5) is 0 Å². The first-order valence-electron chi connectivity index (χ1n) is 13.3. The van der Waals surface area contributed by atoms with Crippen molar-refractivity contribution in [2.75, 3.05) is 26.2 Å². The van der Waals surface area contributed by atoms with Gasteiger partial charge in [-0.15, -0.1) is 0 Å². The molecule has 1 unspecified atom stereocenters. The van der Waals surface area contributed by atoms with Crippen LogP contribution >= 0.6 is 11.6 Å². The van der Waals surface area contributed by atoms with Gasteiger partial charge in [0, 0.05) is 32.8 Å². The van der Waals surface area contributed by atoms with Gasteiger partial charge >= 0.3 is 11.7 Å². The van der Waals surface area contributed by atoms with Crippen molar-refractivity contribution in [2.24, 2.45) is 14.1 Å². The summed E-state index contributed by atoms with van der Waals surface area (Å²) in [6.45, 7) is 10.0. The van der Waals surface area contributed by atoms with Crippen LogP contribution in [-0.2, 0) is 30.0 Å². The summed E-state index contributed by atoms with van der Waals surface area (Å²) in [4.78, 5) is 53.6. The molecule has 1 aromatic heterocycles. The number of carbonyl (C=O) groups is 2. The molecule has 0 saturated carbocycles. The smallest absolute Gasteiger partial charge is 0.330 e. The molecule has 3 rings (SSSR count). The second-order valence-electron chi connectivity index (χ2n) is 9.72. The van der Waals surface area contributed by atoms with Crippen molar-refractivity contribution < 1.29 is 14.3 Å². The number of aryl methyl sites for hydroxylation is 1. The summed E-state index contributed by atoms with van der Waals surface area (Å²) in [6.07, 6.45) is 0.171. The molecule has 0 saturated heterocycles. The number of halogens is 1. The fourth-order valence-electron chi connectivity index (χ4n) is 4.58. The Hall–Kier alpha value is -3.69. The highest BCUT2D eigenvalue weighted by Crippen LogP contribution is 2.21. The molecule has 0 fully saturated rings.